The SMILES string of the molecule is CCNC(c1snnc1C)C1CC2CCC1C2. The maximum Gasteiger partial charge on any atom is 0.0772 e. The zero-order valence-corrected chi connectivity index (χ0v) is 11.5. The average Bonchev–Trinajstić information content (AvgIpc) is 3.01. The lowest BCUT2D eigenvalue weighted by atomic mass is 9.82. The van der Waals surface area contributed by atoms with Gasteiger partial charge in [-0.3, -0.25) is 0 Å². The number of rotatable bonds is 4. The Morgan fingerprint density at radius 3 is 2.82 bits per heavy atom. The summed E-state index contributed by atoms with van der Waals surface area (Å²) in [6, 6.07) is 0.510. The maximum absolute atomic E-state index is 4.18. The van der Waals surface area contributed by atoms with E-state index in [0.717, 1.165) is 30.0 Å². The summed E-state index contributed by atoms with van der Waals surface area (Å²) in [5, 5.41) is 7.86. The number of fused-ring (bicyclic) bond motifs is 2. The van der Waals surface area contributed by atoms with E-state index in [1.165, 1.54) is 30.6 Å². The van der Waals surface area contributed by atoms with Crippen molar-refractivity contribution < 1.29 is 0 Å². The predicted octanol–water partition coefficient (Wildman–Crippen LogP) is 2.93. The topological polar surface area (TPSA) is 37.8 Å². The van der Waals surface area contributed by atoms with Gasteiger partial charge in [-0.25, -0.2) is 0 Å². The Hall–Kier alpha value is -0.480. The first-order valence-corrected chi connectivity index (χ1v) is 7.59. The van der Waals surface area contributed by atoms with Crippen molar-refractivity contribution >= 4 is 11.5 Å². The molecule has 3 rings (SSSR count). The summed E-state index contributed by atoms with van der Waals surface area (Å²) in [7, 11) is 0. The molecule has 94 valence electrons. The molecule has 4 unspecified atom stereocenters. The van der Waals surface area contributed by atoms with Crippen LogP contribution in [0.1, 0.15) is 49.2 Å². The highest BCUT2D eigenvalue weighted by Gasteiger charge is 2.44. The molecule has 4 atom stereocenters. The van der Waals surface area contributed by atoms with E-state index in [1.54, 1.807) is 11.5 Å². The van der Waals surface area contributed by atoms with Crippen molar-refractivity contribution in [2.45, 2.75) is 45.6 Å². The largest absolute Gasteiger partial charge is 0.309 e. The van der Waals surface area contributed by atoms with Gasteiger partial charge in [0.05, 0.1) is 10.6 Å². The van der Waals surface area contributed by atoms with Gasteiger partial charge in [0.25, 0.3) is 0 Å². The molecule has 2 aliphatic carbocycles. The van der Waals surface area contributed by atoms with Crippen LogP contribution in [0.15, 0.2) is 0 Å². The van der Waals surface area contributed by atoms with Crippen LogP contribution in [0.4, 0.5) is 0 Å². The zero-order chi connectivity index (χ0) is 11.8. The Morgan fingerprint density at radius 1 is 1.41 bits per heavy atom. The minimum atomic E-state index is 0.510. The molecule has 2 saturated carbocycles. The van der Waals surface area contributed by atoms with Gasteiger partial charge in [-0.2, -0.15) is 0 Å². The molecule has 4 heteroatoms. The Labute approximate surface area is 107 Å². The van der Waals surface area contributed by atoms with Gasteiger partial charge in [0, 0.05) is 6.04 Å². The molecule has 1 N–H and O–H groups in total. The molecule has 2 bridgehead atoms. The Kier molecular flexibility index (Phi) is 3.17. The number of hydrogen-bond donors (Lipinski definition) is 1. The molecule has 17 heavy (non-hydrogen) atoms. The van der Waals surface area contributed by atoms with Gasteiger partial charge >= 0.3 is 0 Å². The lowest BCUT2D eigenvalue weighted by Gasteiger charge is -2.30. The smallest absolute Gasteiger partial charge is 0.0772 e. The average molecular weight is 251 g/mol. The van der Waals surface area contributed by atoms with E-state index >= 15 is 0 Å². The fraction of sp³-hybridized carbons (Fsp3) is 0.846. The summed E-state index contributed by atoms with van der Waals surface area (Å²) in [5.74, 6) is 2.78. The van der Waals surface area contributed by atoms with Crippen LogP contribution in [-0.2, 0) is 0 Å². The van der Waals surface area contributed by atoms with Crippen molar-refractivity contribution in [3.05, 3.63) is 10.6 Å². The highest BCUT2D eigenvalue weighted by atomic mass is 32.1. The van der Waals surface area contributed by atoms with E-state index in [1.807, 2.05) is 0 Å². The standard InChI is InChI=1S/C13H21N3S/c1-3-14-12(13-8(2)15-16-17-13)11-7-9-4-5-10(11)6-9/h9-12,14H,3-7H2,1-2H3. The molecule has 1 aromatic heterocycles. The van der Waals surface area contributed by atoms with Gasteiger partial charge in [0.15, 0.2) is 0 Å². The van der Waals surface area contributed by atoms with Gasteiger partial charge in [-0.15, -0.1) is 5.10 Å². The van der Waals surface area contributed by atoms with Crippen molar-refractivity contribution in [2.24, 2.45) is 17.8 Å². The molecule has 1 heterocycles. The second-order valence-electron chi connectivity index (χ2n) is 5.60. The number of aromatic nitrogens is 2. The van der Waals surface area contributed by atoms with Crippen molar-refractivity contribution in [1.82, 2.24) is 14.9 Å². The van der Waals surface area contributed by atoms with E-state index < -0.39 is 0 Å². The van der Waals surface area contributed by atoms with E-state index in [4.69, 9.17) is 0 Å². The summed E-state index contributed by atoms with van der Waals surface area (Å²) in [4.78, 5) is 1.38. The fourth-order valence-electron chi connectivity index (χ4n) is 3.88. The third-order valence-electron chi connectivity index (χ3n) is 4.61. The normalized spacial score (nSPS) is 33.2. The highest BCUT2D eigenvalue weighted by Crippen LogP contribution is 2.53. The van der Waals surface area contributed by atoms with Crippen LogP contribution in [0, 0.1) is 24.7 Å². The number of hydrogen-bond acceptors (Lipinski definition) is 4. The number of nitrogens with zero attached hydrogens (tertiary/aromatic N) is 2. The Morgan fingerprint density at radius 2 is 2.29 bits per heavy atom. The van der Waals surface area contributed by atoms with Gasteiger partial charge in [0.2, 0.25) is 0 Å². The van der Waals surface area contributed by atoms with Gasteiger partial charge in [0.1, 0.15) is 0 Å². The number of aryl methyl sites for hydroxylation is 1. The Bertz CT molecular complexity index is 390. The molecule has 0 amide bonds. The van der Waals surface area contributed by atoms with Crippen molar-refractivity contribution in [1.29, 1.82) is 0 Å². The molecular formula is C13H21N3S. The Balaban J connectivity index is 1.83. The summed E-state index contributed by atoms with van der Waals surface area (Å²) in [6.45, 7) is 5.33. The second kappa shape index (κ2) is 4.65. The van der Waals surface area contributed by atoms with Crippen LogP contribution in [-0.4, -0.2) is 16.1 Å². The van der Waals surface area contributed by atoms with Crippen molar-refractivity contribution in [3.63, 3.8) is 0 Å². The quantitative estimate of drug-likeness (QED) is 0.894. The molecule has 2 aliphatic rings. The summed E-state index contributed by atoms with van der Waals surface area (Å²) < 4.78 is 4.11. The molecule has 1 aromatic rings. The van der Waals surface area contributed by atoms with Crippen LogP contribution >= 0.6 is 11.5 Å². The van der Waals surface area contributed by atoms with Crippen LogP contribution < -0.4 is 5.32 Å². The van der Waals surface area contributed by atoms with Crippen molar-refractivity contribution in [3.8, 4) is 0 Å². The van der Waals surface area contributed by atoms with Crippen LogP contribution in [0.2, 0.25) is 0 Å². The van der Waals surface area contributed by atoms with E-state index in [2.05, 4.69) is 28.8 Å². The minimum absolute atomic E-state index is 0.510. The second-order valence-corrected chi connectivity index (χ2v) is 6.38. The first-order chi connectivity index (χ1) is 8.29. The van der Waals surface area contributed by atoms with Crippen LogP contribution in [0.5, 0.6) is 0 Å². The molecule has 0 aliphatic heterocycles. The molecule has 0 radical (unpaired) electrons. The predicted molar refractivity (Wildman–Crippen MR) is 70.0 cm³/mol. The minimum Gasteiger partial charge on any atom is -0.309 e. The number of nitrogens with one attached hydrogen (secondary N) is 1. The molecule has 0 saturated heterocycles. The monoisotopic (exact) mass is 251 g/mol. The maximum atomic E-state index is 4.18. The molecule has 0 aromatic carbocycles. The van der Waals surface area contributed by atoms with E-state index in [-0.39, 0.29) is 0 Å². The fourth-order valence-corrected chi connectivity index (χ4v) is 4.68. The summed E-state index contributed by atoms with van der Waals surface area (Å²) in [6.07, 6.45) is 5.81. The van der Waals surface area contributed by atoms with E-state index in [0.29, 0.717) is 6.04 Å². The van der Waals surface area contributed by atoms with E-state index in [9.17, 15) is 0 Å². The summed E-state index contributed by atoms with van der Waals surface area (Å²) in [5.41, 5.74) is 1.13. The third-order valence-corrected chi connectivity index (χ3v) is 5.52. The first kappa shape index (κ1) is 11.6. The molecule has 2 fully saturated rings. The summed E-state index contributed by atoms with van der Waals surface area (Å²) >= 11 is 1.59. The van der Waals surface area contributed by atoms with Crippen LogP contribution in [0.3, 0.4) is 0 Å². The lowest BCUT2D eigenvalue weighted by Crippen LogP contribution is -2.31. The lowest BCUT2D eigenvalue weighted by molar-refractivity contribution is 0.255. The molecule has 0 spiro atoms. The highest BCUT2D eigenvalue weighted by molar-refractivity contribution is 7.05. The van der Waals surface area contributed by atoms with Gasteiger partial charge < -0.3 is 5.32 Å². The van der Waals surface area contributed by atoms with Gasteiger partial charge in [-0.1, -0.05) is 17.8 Å². The molecular weight excluding hydrogens is 230 g/mol. The van der Waals surface area contributed by atoms with Crippen LogP contribution in [0.25, 0.3) is 0 Å². The first-order valence-electron chi connectivity index (χ1n) is 6.81. The molecule has 3 nitrogen and oxygen atoms in total. The van der Waals surface area contributed by atoms with Gasteiger partial charge in [-0.05, 0) is 62.0 Å². The third kappa shape index (κ3) is 2.02. The van der Waals surface area contributed by atoms with Crippen molar-refractivity contribution in [2.75, 3.05) is 6.54 Å². The zero-order valence-electron chi connectivity index (χ0n) is 10.6.